The van der Waals surface area contributed by atoms with E-state index in [-0.39, 0.29) is 0 Å². The maximum atomic E-state index is 6.08. The molecule has 7 aromatic carbocycles. The average Bonchev–Trinajstić information content (AvgIpc) is 4.37. The third kappa shape index (κ3) is 9.01. The second-order valence-electron chi connectivity index (χ2n) is 23.4. The molecule has 0 atom stereocenters. The molecule has 82 heavy (non-hydrogen) atoms. The molecule has 0 saturated heterocycles. The number of benzene rings is 7. The number of hydrogen-bond acceptors (Lipinski definition) is 4. The minimum absolute atomic E-state index is 0.850. The van der Waals surface area contributed by atoms with Gasteiger partial charge in [0.05, 0.1) is 48.0 Å². The van der Waals surface area contributed by atoms with Crippen LogP contribution in [0.1, 0.15) is 147 Å². The van der Waals surface area contributed by atoms with Gasteiger partial charge in [-0.25, -0.2) is 9.97 Å². The van der Waals surface area contributed by atoms with Crippen LogP contribution in [-0.2, 0) is 38.5 Å². The quantitative estimate of drug-likeness (QED) is 0.163. The molecule has 10 aromatic rings. The Labute approximate surface area is 483 Å². The molecule has 6 aliphatic heterocycles. The lowest BCUT2D eigenvalue weighted by Crippen LogP contribution is -2.00. The molecule has 2 N–H and O–H groups in total. The first kappa shape index (κ1) is 53.1. The summed E-state index contributed by atoms with van der Waals surface area (Å²) >= 11 is 0. The number of ether oxygens (including phenoxy) is 2. The first-order valence-corrected chi connectivity index (χ1v) is 30.4. The van der Waals surface area contributed by atoms with E-state index in [2.05, 4.69) is 187 Å². The van der Waals surface area contributed by atoms with Crippen LogP contribution in [0.15, 0.2) is 121 Å². The molecule has 3 aromatic heterocycles. The number of H-pyrrole nitrogens is 2. The van der Waals surface area contributed by atoms with E-state index in [4.69, 9.17) is 19.4 Å². The lowest BCUT2D eigenvalue weighted by atomic mass is 9.89. The van der Waals surface area contributed by atoms with Crippen molar-refractivity contribution in [1.29, 1.82) is 0 Å². The Bertz CT molecular complexity index is 4400. The maximum Gasteiger partial charge on any atom is 0.122 e. The summed E-state index contributed by atoms with van der Waals surface area (Å²) < 4.78 is 12.2. The number of allylic oxidation sites excluding steroid dienone is 4. The molecule has 0 fully saturated rings. The highest BCUT2D eigenvalue weighted by Crippen LogP contribution is 2.47. The van der Waals surface area contributed by atoms with Crippen molar-refractivity contribution < 1.29 is 9.47 Å². The third-order valence-electron chi connectivity index (χ3n) is 18.8. The third-order valence-corrected chi connectivity index (χ3v) is 18.8. The molecule has 0 amide bonds. The summed E-state index contributed by atoms with van der Waals surface area (Å²) in [6.45, 7) is 18.4. The molecular weight excluding hydrogens is 1000 g/mol. The zero-order chi connectivity index (χ0) is 56.5. The highest BCUT2D eigenvalue weighted by Gasteiger charge is 2.28. The summed E-state index contributed by atoms with van der Waals surface area (Å²) in [5, 5.41) is 9.88. The number of rotatable bonds is 6. The Morgan fingerprint density at radius 2 is 0.866 bits per heavy atom. The molecule has 0 unspecified atom stereocenters. The van der Waals surface area contributed by atoms with E-state index in [9.17, 15) is 0 Å². The van der Waals surface area contributed by atoms with E-state index in [0.29, 0.717) is 0 Å². The Morgan fingerprint density at radius 3 is 1.29 bits per heavy atom. The molecule has 412 valence electrons. The predicted octanol–water partition coefficient (Wildman–Crippen LogP) is 20.1. The molecule has 0 aliphatic carbocycles. The zero-order valence-corrected chi connectivity index (χ0v) is 49.7. The second kappa shape index (κ2) is 21.6. The van der Waals surface area contributed by atoms with Gasteiger partial charge in [-0.3, -0.25) is 0 Å². The van der Waals surface area contributed by atoms with Crippen molar-refractivity contribution in [3.8, 4) is 33.8 Å². The fourth-order valence-corrected chi connectivity index (χ4v) is 14.4. The number of aromatic nitrogens is 4. The summed E-state index contributed by atoms with van der Waals surface area (Å²) in [7, 11) is 3.61. The summed E-state index contributed by atoms with van der Waals surface area (Å²) in [5.41, 5.74) is 28.4. The fraction of sp³-hybridized carbons (Fsp3) is 0.289. The first-order chi connectivity index (χ1) is 40.0. The van der Waals surface area contributed by atoms with Crippen LogP contribution in [0.2, 0.25) is 0 Å². The van der Waals surface area contributed by atoms with Gasteiger partial charge in [0.15, 0.2) is 0 Å². The lowest BCUT2D eigenvalue weighted by Gasteiger charge is -2.15. The van der Waals surface area contributed by atoms with Gasteiger partial charge in [0.25, 0.3) is 0 Å². The van der Waals surface area contributed by atoms with Gasteiger partial charge in [-0.1, -0.05) is 100 Å². The number of aromatic amines is 2. The first-order valence-electron chi connectivity index (χ1n) is 30.4. The predicted molar refractivity (Wildman–Crippen MR) is 349 cm³/mol. The summed E-state index contributed by atoms with van der Waals surface area (Å²) in [5.74, 6) is 1.92. The van der Waals surface area contributed by atoms with Crippen LogP contribution in [0, 0.1) is 13.8 Å². The highest BCUT2D eigenvalue weighted by atomic mass is 16.5. The SMILES string of the molecule is CCC1=C(C)c2nc1cc1[nH]c(c(C)c1CC)c1c3[nH]c(cc4nc(c2-c2cccc5cc6ccc(cc6cc25)CCCCc2cc(OC)c(cc2OC)CCCCc2ccc5cc6cccc-1c6cc5c2)C(C)=C4CC)c(CC)c3C. The van der Waals surface area contributed by atoms with E-state index in [1.165, 1.54) is 121 Å². The van der Waals surface area contributed by atoms with Crippen LogP contribution in [0.25, 0.3) is 110 Å². The Balaban J connectivity index is 1.13. The standard InChI is InChI=1S/C76H76N4O2/c1-11-57-43(5)73-71-61-27-19-25-51-35-49-31-29-47(33-55(49)37-63(51)61)21-15-17-23-53-39-70(82-10)54(40-69(53)81-9)24-18-16-22-48-30-32-50-36-52-26-20-28-62(64(52)38-56(50)34-48)72(75-44(6)58(12-2)66(78-75)41-65(57)77-73)76-46(8)60(14-4)68(80-76)42-67-59(13-3)45(7)74(71)79-67/h19-20,25-42,77,79H,11-18,21-24H2,1-10H3. The number of aryl methyl sites for hydroxylation is 8. The average molecular weight is 1080 g/mol. The monoisotopic (exact) mass is 1080 g/mol. The second-order valence-corrected chi connectivity index (χ2v) is 23.4. The molecular formula is C76H76N4O2. The molecule has 16 rings (SSSR count). The molecule has 9 heterocycles. The molecule has 6 nitrogen and oxygen atoms in total. The van der Waals surface area contributed by atoms with Crippen molar-refractivity contribution in [2.45, 2.75) is 132 Å². The van der Waals surface area contributed by atoms with Gasteiger partial charge < -0.3 is 19.4 Å². The molecule has 6 heteroatoms. The Hall–Kier alpha value is -8.22. The van der Waals surface area contributed by atoms with Gasteiger partial charge in [-0.2, -0.15) is 0 Å². The molecule has 0 spiro atoms. The van der Waals surface area contributed by atoms with Crippen molar-refractivity contribution in [2.75, 3.05) is 14.2 Å². The van der Waals surface area contributed by atoms with E-state index < -0.39 is 0 Å². The Morgan fingerprint density at radius 1 is 0.427 bits per heavy atom. The minimum Gasteiger partial charge on any atom is -0.496 e. The van der Waals surface area contributed by atoms with E-state index in [0.717, 1.165) is 145 Å². The summed E-state index contributed by atoms with van der Waals surface area (Å²) in [6.07, 6.45) is 11.5. The van der Waals surface area contributed by atoms with Crippen LogP contribution in [-0.4, -0.2) is 34.2 Å². The maximum absolute atomic E-state index is 6.08. The summed E-state index contributed by atoms with van der Waals surface area (Å²) in [4.78, 5) is 20.0. The van der Waals surface area contributed by atoms with E-state index >= 15 is 0 Å². The largest absolute Gasteiger partial charge is 0.496 e. The van der Waals surface area contributed by atoms with Crippen molar-refractivity contribution in [3.63, 3.8) is 0 Å². The molecule has 18 bridgehead atoms. The van der Waals surface area contributed by atoms with Gasteiger partial charge in [0.2, 0.25) is 0 Å². The highest BCUT2D eigenvalue weighted by molar-refractivity contribution is 6.13. The summed E-state index contributed by atoms with van der Waals surface area (Å²) in [6, 6.07) is 46.7. The van der Waals surface area contributed by atoms with E-state index in [1.54, 1.807) is 7.11 Å². The fourth-order valence-electron chi connectivity index (χ4n) is 14.4. The van der Waals surface area contributed by atoms with Gasteiger partial charge >= 0.3 is 0 Å². The number of methoxy groups -OCH3 is 2. The topological polar surface area (TPSA) is 75.8 Å². The van der Waals surface area contributed by atoms with Gasteiger partial charge in [-0.05, 0) is 274 Å². The van der Waals surface area contributed by atoms with E-state index in [1.807, 2.05) is 7.11 Å². The van der Waals surface area contributed by atoms with Crippen LogP contribution < -0.4 is 9.47 Å². The normalized spacial score (nSPS) is 14.2. The Kier molecular flexibility index (Phi) is 14.0. The van der Waals surface area contributed by atoms with Crippen LogP contribution in [0.4, 0.5) is 0 Å². The van der Waals surface area contributed by atoms with Crippen molar-refractivity contribution in [2.24, 2.45) is 0 Å². The van der Waals surface area contributed by atoms with Gasteiger partial charge in [-0.15, -0.1) is 0 Å². The van der Waals surface area contributed by atoms with Crippen molar-refractivity contribution in [1.82, 2.24) is 19.9 Å². The number of hydrogen-bond donors (Lipinski definition) is 2. The van der Waals surface area contributed by atoms with Gasteiger partial charge in [0, 0.05) is 22.2 Å². The van der Waals surface area contributed by atoms with Gasteiger partial charge in [0.1, 0.15) is 11.5 Å². The van der Waals surface area contributed by atoms with Crippen molar-refractivity contribution in [3.05, 3.63) is 189 Å². The minimum atomic E-state index is 0.850. The number of nitrogens with one attached hydrogen (secondary N) is 2. The number of nitrogens with zero attached hydrogens (tertiary/aromatic N) is 2. The van der Waals surface area contributed by atoms with Crippen LogP contribution in [0.5, 0.6) is 11.5 Å². The van der Waals surface area contributed by atoms with Crippen LogP contribution >= 0.6 is 0 Å². The zero-order valence-electron chi connectivity index (χ0n) is 49.7. The molecule has 0 radical (unpaired) electrons. The molecule has 0 saturated carbocycles. The molecule has 6 aliphatic rings. The van der Waals surface area contributed by atoms with Crippen molar-refractivity contribution >= 4 is 87.4 Å². The smallest absolute Gasteiger partial charge is 0.122 e. The lowest BCUT2D eigenvalue weighted by molar-refractivity contribution is 0.393. The van der Waals surface area contributed by atoms with Crippen LogP contribution in [0.3, 0.4) is 0 Å².